The molecule has 0 bridgehead atoms. The maximum Gasteiger partial charge on any atom is 0.344 e. The minimum Gasteiger partial charge on any atom is -0.480 e. The van der Waals surface area contributed by atoms with Gasteiger partial charge in [0.05, 0.1) is 5.56 Å². The van der Waals surface area contributed by atoms with Crippen molar-refractivity contribution in [2.75, 3.05) is 6.54 Å². The van der Waals surface area contributed by atoms with Crippen molar-refractivity contribution in [3.05, 3.63) is 88.0 Å². The van der Waals surface area contributed by atoms with Crippen LogP contribution in [0.25, 0.3) is 0 Å². The monoisotopic (exact) mass is 411 g/mol. The van der Waals surface area contributed by atoms with E-state index in [4.69, 9.17) is 4.74 Å². The van der Waals surface area contributed by atoms with Crippen molar-refractivity contribution in [3.63, 3.8) is 0 Å². The quantitative estimate of drug-likeness (QED) is 0.635. The average molecular weight is 411 g/mol. The lowest BCUT2D eigenvalue weighted by Gasteiger charge is -2.32. The van der Waals surface area contributed by atoms with E-state index in [1.807, 2.05) is 6.07 Å². The summed E-state index contributed by atoms with van der Waals surface area (Å²) in [5.74, 6) is -2.06. The minimum absolute atomic E-state index is 0.148. The van der Waals surface area contributed by atoms with Gasteiger partial charge in [-0.15, -0.1) is 11.3 Å². The Morgan fingerprint density at radius 2 is 1.83 bits per heavy atom. The van der Waals surface area contributed by atoms with Crippen LogP contribution in [-0.2, 0) is 17.8 Å². The summed E-state index contributed by atoms with van der Waals surface area (Å²) in [6.45, 7) is 0.824. The Bertz CT molecular complexity index is 1050. The highest BCUT2D eigenvalue weighted by molar-refractivity contribution is 7.14. The molecule has 0 unspecified atom stereocenters. The average Bonchev–Trinajstić information content (AvgIpc) is 3.11. The Kier molecular flexibility index (Phi) is 5.42. The Morgan fingerprint density at radius 3 is 2.55 bits per heavy atom. The van der Waals surface area contributed by atoms with Crippen LogP contribution in [0.5, 0.6) is 5.06 Å². The molecule has 1 aliphatic heterocycles. The molecule has 0 saturated carbocycles. The lowest BCUT2D eigenvalue weighted by Crippen LogP contribution is -2.38. The van der Waals surface area contributed by atoms with Crippen molar-refractivity contribution in [2.24, 2.45) is 0 Å². The normalized spacial score (nSPS) is 14.8. The van der Waals surface area contributed by atoms with Crippen LogP contribution < -0.4 is 4.74 Å². The van der Waals surface area contributed by atoms with Crippen LogP contribution in [0.1, 0.15) is 32.4 Å². The highest BCUT2D eigenvalue weighted by Crippen LogP contribution is 2.36. The van der Waals surface area contributed by atoms with Gasteiger partial charge in [-0.05, 0) is 36.2 Å². The molecule has 29 heavy (non-hydrogen) atoms. The molecular formula is C22H18FNO4S. The number of carboxylic acids is 1. The molecular weight excluding hydrogens is 393 g/mol. The Hall–Kier alpha value is -3.03. The van der Waals surface area contributed by atoms with Crippen molar-refractivity contribution in [1.29, 1.82) is 0 Å². The zero-order valence-corrected chi connectivity index (χ0v) is 16.2. The predicted molar refractivity (Wildman–Crippen MR) is 107 cm³/mol. The van der Waals surface area contributed by atoms with Gasteiger partial charge in [-0.25, -0.2) is 9.18 Å². The number of carbonyl (C=O) groups excluding carboxylic acids is 1. The number of thiophene rings is 1. The molecule has 2 heterocycles. The van der Waals surface area contributed by atoms with Crippen molar-refractivity contribution >= 4 is 23.3 Å². The first kappa shape index (κ1) is 19.3. The first-order valence-electron chi connectivity index (χ1n) is 9.13. The molecule has 1 N–H and O–H groups in total. The largest absolute Gasteiger partial charge is 0.480 e. The fourth-order valence-electron chi connectivity index (χ4n) is 3.51. The summed E-state index contributed by atoms with van der Waals surface area (Å²) >= 11 is 1.39. The number of hydrogen-bond donors (Lipinski definition) is 1. The molecule has 148 valence electrons. The smallest absolute Gasteiger partial charge is 0.344 e. The van der Waals surface area contributed by atoms with Gasteiger partial charge in [-0.2, -0.15) is 0 Å². The number of benzene rings is 2. The predicted octanol–water partition coefficient (Wildman–Crippen LogP) is 4.29. The molecule has 2 aromatic carbocycles. The molecule has 1 aliphatic rings. The zero-order chi connectivity index (χ0) is 20.4. The van der Waals surface area contributed by atoms with E-state index in [2.05, 4.69) is 0 Å². The van der Waals surface area contributed by atoms with Gasteiger partial charge in [0.1, 0.15) is 11.9 Å². The van der Waals surface area contributed by atoms with E-state index in [0.29, 0.717) is 30.1 Å². The van der Waals surface area contributed by atoms with Crippen LogP contribution in [0.15, 0.2) is 60.7 Å². The third-order valence-corrected chi connectivity index (χ3v) is 5.99. The highest BCUT2D eigenvalue weighted by atomic mass is 32.1. The molecule has 0 saturated heterocycles. The second kappa shape index (κ2) is 8.14. The SMILES string of the molecule is O=C(Oc1cc2c(s1)CCN([C@H](C(=O)O)c1ccccc1F)C2)c1ccccc1. The van der Waals surface area contributed by atoms with Gasteiger partial charge in [0, 0.05) is 23.5 Å². The topological polar surface area (TPSA) is 66.8 Å². The molecule has 1 atom stereocenters. The van der Waals surface area contributed by atoms with Crippen molar-refractivity contribution in [1.82, 2.24) is 4.90 Å². The van der Waals surface area contributed by atoms with Gasteiger partial charge in [-0.1, -0.05) is 36.4 Å². The van der Waals surface area contributed by atoms with Crippen molar-refractivity contribution in [2.45, 2.75) is 19.0 Å². The number of esters is 1. The number of carboxylic acid groups (broad SMARTS) is 1. The van der Waals surface area contributed by atoms with Crippen molar-refractivity contribution < 1.29 is 23.8 Å². The Labute approximate surface area is 171 Å². The van der Waals surface area contributed by atoms with E-state index in [1.54, 1.807) is 41.3 Å². The molecule has 0 amide bonds. The Balaban J connectivity index is 1.53. The van der Waals surface area contributed by atoms with E-state index in [1.165, 1.54) is 29.5 Å². The molecule has 0 fully saturated rings. The van der Waals surface area contributed by atoms with Gasteiger partial charge in [0.15, 0.2) is 5.06 Å². The van der Waals surface area contributed by atoms with Crippen molar-refractivity contribution in [3.8, 4) is 5.06 Å². The van der Waals surface area contributed by atoms with E-state index < -0.39 is 23.8 Å². The van der Waals surface area contributed by atoms with Gasteiger partial charge in [0.25, 0.3) is 0 Å². The first-order chi connectivity index (χ1) is 14.0. The van der Waals surface area contributed by atoms with Crippen LogP contribution in [0.2, 0.25) is 0 Å². The van der Waals surface area contributed by atoms with Crippen LogP contribution >= 0.6 is 11.3 Å². The maximum absolute atomic E-state index is 14.2. The summed E-state index contributed by atoms with van der Waals surface area (Å²) in [5.41, 5.74) is 1.51. The number of halogens is 1. The third kappa shape index (κ3) is 4.06. The standard InChI is InChI=1S/C22H18FNO4S/c23-17-9-5-4-8-16(17)20(21(25)26)24-11-10-18-15(13-24)12-19(29-18)28-22(27)14-6-2-1-3-7-14/h1-9,12,20H,10-11,13H2,(H,25,26)/t20-/m0/s1. The van der Waals surface area contributed by atoms with Crippen LogP contribution in [0.4, 0.5) is 4.39 Å². The fraction of sp³-hybridized carbons (Fsp3) is 0.182. The van der Waals surface area contributed by atoms with E-state index >= 15 is 0 Å². The number of aliphatic carboxylic acids is 1. The molecule has 0 radical (unpaired) electrons. The van der Waals surface area contributed by atoms with Crippen LogP contribution in [-0.4, -0.2) is 28.5 Å². The fourth-order valence-corrected chi connectivity index (χ4v) is 4.51. The summed E-state index contributed by atoms with van der Waals surface area (Å²) < 4.78 is 19.7. The number of carbonyl (C=O) groups is 2. The molecule has 0 aliphatic carbocycles. The zero-order valence-electron chi connectivity index (χ0n) is 15.4. The number of fused-ring (bicyclic) bond motifs is 1. The van der Waals surface area contributed by atoms with Gasteiger partial charge >= 0.3 is 11.9 Å². The molecule has 3 aromatic rings. The molecule has 5 nitrogen and oxygen atoms in total. The lowest BCUT2D eigenvalue weighted by molar-refractivity contribution is -0.144. The first-order valence-corrected chi connectivity index (χ1v) is 9.94. The lowest BCUT2D eigenvalue weighted by atomic mass is 10.0. The summed E-state index contributed by atoms with van der Waals surface area (Å²) in [4.78, 5) is 26.9. The molecule has 4 rings (SSSR count). The van der Waals surface area contributed by atoms with Crippen LogP contribution in [0, 0.1) is 5.82 Å². The highest BCUT2D eigenvalue weighted by Gasteiger charge is 2.33. The second-order valence-corrected chi connectivity index (χ2v) is 7.85. The Morgan fingerprint density at radius 1 is 1.10 bits per heavy atom. The summed E-state index contributed by atoms with van der Waals surface area (Å²) in [6.07, 6.45) is 0.612. The maximum atomic E-state index is 14.2. The molecule has 7 heteroatoms. The third-order valence-electron chi connectivity index (χ3n) is 4.88. The van der Waals surface area contributed by atoms with Crippen LogP contribution in [0.3, 0.4) is 0 Å². The summed E-state index contributed by atoms with van der Waals surface area (Å²) in [7, 11) is 0. The van der Waals surface area contributed by atoms with E-state index in [9.17, 15) is 19.1 Å². The minimum atomic E-state index is -1.09. The van der Waals surface area contributed by atoms with Gasteiger partial charge in [0.2, 0.25) is 0 Å². The molecule has 1 aromatic heterocycles. The van der Waals surface area contributed by atoms with E-state index in [0.717, 1.165) is 10.4 Å². The van der Waals surface area contributed by atoms with Gasteiger partial charge in [-0.3, -0.25) is 9.69 Å². The van der Waals surface area contributed by atoms with Gasteiger partial charge < -0.3 is 9.84 Å². The number of nitrogens with zero attached hydrogens (tertiary/aromatic N) is 1. The summed E-state index contributed by atoms with van der Waals surface area (Å²) in [5, 5.41) is 10.2. The second-order valence-electron chi connectivity index (χ2n) is 6.75. The number of ether oxygens (including phenoxy) is 1. The number of hydrogen-bond acceptors (Lipinski definition) is 5. The molecule has 0 spiro atoms. The summed E-state index contributed by atoms with van der Waals surface area (Å²) in [6, 6.07) is 15.4. The number of rotatable bonds is 5. The van der Waals surface area contributed by atoms with E-state index in [-0.39, 0.29) is 5.56 Å².